The van der Waals surface area contributed by atoms with Crippen molar-refractivity contribution in [3.05, 3.63) is 63.7 Å². The maximum absolute atomic E-state index is 13.2. The molecule has 0 unspecified atom stereocenters. The molecule has 0 radical (unpaired) electrons. The molecular weight excluding hydrogens is 426 g/mol. The van der Waals surface area contributed by atoms with Crippen LogP contribution in [0.15, 0.2) is 42.5 Å². The van der Waals surface area contributed by atoms with Crippen molar-refractivity contribution in [3.63, 3.8) is 0 Å². The topological polar surface area (TPSA) is 111 Å². The number of carbonyl (C=O) groups is 2. The Kier molecular flexibility index (Phi) is 9.20. The van der Waals surface area contributed by atoms with Crippen molar-refractivity contribution in [1.82, 2.24) is 10.2 Å². The summed E-state index contributed by atoms with van der Waals surface area (Å²) in [5.74, 6) is -0.324. The molecule has 0 heterocycles. The summed E-state index contributed by atoms with van der Waals surface area (Å²) in [6, 6.07) is 11.0. The second-order valence-electron chi connectivity index (χ2n) is 7.98. The molecule has 0 saturated heterocycles. The third kappa shape index (κ3) is 7.20. The molecule has 0 saturated carbocycles. The lowest BCUT2D eigenvalue weighted by molar-refractivity contribution is -0.385. The van der Waals surface area contributed by atoms with Crippen LogP contribution in [-0.2, 0) is 16.1 Å². The van der Waals surface area contributed by atoms with Gasteiger partial charge in [0.2, 0.25) is 11.7 Å². The minimum atomic E-state index is -0.671. The molecule has 1 atom stereocenters. The number of aryl methyl sites for hydroxylation is 1. The van der Waals surface area contributed by atoms with E-state index in [1.807, 2.05) is 52.0 Å². The van der Waals surface area contributed by atoms with Gasteiger partial charge in [-0.15, -0.1) is 0 Å². The van der Waals surface area contributed by atoms with Crippen LogP contribution in [0.2, 0.25) is 0 Å². The minimum absolute atomic E-state index is 0.0318. The highest BCUT2D eigenvalue weighted by Gasteiger charge is 2.29. The maximum Gasteiger partial charge on any atom is 0.311 e. The predicted molar refractivity (Wildman–Crippen MR) is 124 cm³/mol. The summed E-state index contributed by atoms with van der Waals surface area (Å²) < 4.78 is 10.7. The monoisotopic (exact) mass is 457 g/mol. The van der Waals surface area contributed by atoms with Gasteiger partial charge in [0.1, 0.15) is 11.8 Å². The zero-order valence-electron chi connectivity index (χ0n) is 19.7. The SMILES string of the molecule is CC[C@H](C(=O)NC(C)C)N(Cc1cccc(C)c1)C(=O)COc1ccc([N+](=O)[O-])c(OC)c1. The molecule has 2 aromatic rings. The van der Waals surface area contributed by atoms with Gasteiger partial charge in [0.05, 0.1) is 12.0 Å². The number of methoxy groups -OCH3 is 1. The summed E-state index contributed by atoms with van der Waals surface area (Å²) in [6.45, 7) is 7.45. The van der Waals surface area contributed by atoms with Gasteiger partial charge in [0, 0.05) is 24.7 Å². The largest absolute Gasteiger partial charge is 0.490 e. The maximum atomic E-state index is 13.2. The lowest BCUT2D eigenvalue weighted by Gasteiger charge is -2.31. The van der Waals surface area contributed by atoms with E-state index in [1.165, 1.54) is 30.2 Å². The third-order valence-electron chi connectivity index (χ3n) is 4.96. The number of hydrogen-bond acceptors (Lipinski definition) is 6. The van der Waals surface area contributed by atoms with E-state index >= 15 is 0 Å². The highest BCUT2D eigenvalue weighted by atomic mass is 16.6. The van der Waals surface area contributed by atoms with Crippen LogP contribution in [0.25, 0.3) is 0 Å². The molecule has 9 nitrogen and oxygen atoms in total. The van der Waals surface area contributed by atoms with Gasteiger partial charge in [-0.05, 0) is 38.8 Å². The number of nitrogens with one attached hydrogen (secondary N) is 1. The van der Waals surface area contributed by atoms with Gasteiger partial charge in [0.15, 0.2) is 6.61 Å². The molecule has 0 aliphatic carbocycles. The Morgan fingerprint density at radius 1 is 1.18 bits per heavy atom. The second-order valence-corrected chi connectivity index (χ2v) is 7.98. The fraction of sp³-hybridized carbons (Fsp3) is 0.417. The first-order chi connectivity index (χ1) is 15.7. The van der Waals surface area contributed by atoms with E-state index in [2.05, 4.69) is 5.32 Å². The molecule has 1 N–H and O–H groups in total. The molecule has 2 aromatic carbocycles. The molecule has 2 rings (SSSR count). The second kappa shape index (κ2) is 11.8. The Morgan fingerprint density at radius 2 is 1.91 bits per heavy atom. The first-order valence-corrected chi connectivity index (χ1v) is 10.8. The Morgan fingerprint density at radius 3 is 2.48 bits per heavy atom. The fourth-order valence-corrected chi connectivity index (χ4v) is 3.43. The standard InChI is InChI=1S/C24H31N3O6/c1-6-20(24(29)25-16(2)3)26(14-18-9-7-8-17(4)12-18)23(28)15-33-19-10-11-21(27(30)31)22(13-19)32-5/h7-13,16,20H,6,14-15H2,1-5H3,(H,25,29)/t20-/m1/s1. The molecule has 0 spiro atoms. The zero-order valence-corrected chi connectivity index (χ0v) is 19.7. The van der Waals surface area contributed by atoms with Crippen molar-refractivity contribution >= 4 is 17.5 Å². The van der Waals surface area contributed by atoms with E-state index < -0.39 is 11.0 Å². The molecule has 0 bridgehead atoms. The molecular formula is C24H31N3O6. The van der Waals surface area contributed by atoms with Gasteiger partial charge < -0.3 is 19.7 Å². The van der Waals surface area contributed by atoms with Crippen LogP contribution in [0, 0.1) is 17.0 Å². The number of carbonyl (C=O) groups excluding carboxylic acids is 2. The fourth-order valence-electron chi connectivity index (χ4n) is 3.43. The number of rotatable bonds is 11. The highest BCUT2D eigenvalue weighted by Crippen LogP contribution is 2.30. The Bertz CT molecular complexity index is 992. The Hall–Kier alpha value is -3.62. The Balaban J connectivity index is 2.25. The number of ether oxygens (including phenoxy) is 2. The third-order valence-corrected chi connectivity index (χ3v) is 4.96. The van der Waals surface area contributed by atoms with Crippen LogP contribution in [0.5, 0.6) is 11.5 Å². The van der Waals surface area contributed by atoms with Crippen molar-refractivity contribution in [2.75, 3.05) is 13.7 Å². The lowest BCUT2D eigenvalue weighted by Crippen LogP contribution is -2.51. The minimum Gasteiger partial charge on any atom is -0.490 e. The van der Waals surface area contributed by atoms with Gasteiger partial charge in [-0.1, -0.05) is 36.8 Å². The molecule has 178 valence electrons. The first-order valence-electron chi connectivity index (χ1n) is 10.8. The molecule has 0 fully saturated rings. The van der Waals surface area contributed by atoms with Crippen LogP contribution in [0.4, 0.5) is 5.69 Å². The number of hydrogen-bond donors (Lipinski definition) is 1. The van der Waals surface area contributed by atoms with Crippen molar-refractivity contribution in [2.24, 2.45) is 0 Å². The number of benzene rings is 2. The van der Waals surface area contributed by atoms with Crippen LogP contribution < -0.4 is 14.8 Å². The van der Waals surface area contributed by atoms with E-state index in [9.17, 15) is 19.7 Å². The number of nitro groups is 1. The Labute approximate surface area is 193 Å². The van der Waals surface area contributed by atoms with E-state index in [-0.39, 0.29) is 48.2 Å². The molecule has 0 aromatic heterocycles. The number of nitrogens with zero attached hydrogens (tertiary/aromatic N) is 2. The van der Waals surface area contributed by atoms with Crippen molar-refractivity contribution in [1.29, 1.82) is 0 Å². The van der Waals surface area contributed by atoms with Gasteiger partial charge in [-0.25, -0.2) is 0 Å². The number of nitro benzene ring substituents is 1. The summed E-state index contributed by atoms with van der Waals surface area (Å²) in [5.41, 5.74) is 1.75. The van der Waals surface area contributed by atoms with E-state index in [0.717, 1.165) is 11.1 Å². The molecule has 2 amide bonds. The van der Waals surface area contributed by atoms with Gasteiger partial charge in [-0.3, -0.25) is 19.7 Å². The van der Waals surface area contributed by atoms with Crippen LogP contribution in [0.1, 0.15) is 38.3 Å². The van der Waals surface area contributed by atoms with Crippen molar-refractivity contribution in [3.8, 4) is 11.5 Å². The van der Waals surface area contributed by atoms with E-state index in [1.54, 1.807) is 0 Å². The normalized spacial score (nSPS) is 11.6. The first kappa shape index (κ1) is 25.6. The summed E-state index contributed by atoms with van der Waals surface area (Å²) in [6.07, 6.45) is 0.432. The molecule has 0 aliphatic rings. The summed E-state index contributed by atoms with van der Waals surface area (Å²) in [4.78, 5) is 38.1. The van der Waals surface area contributed by atoms with Crippen molar-refractivity contribution in [2.45, 2.75) is 52.7 Å². The van der Waals surface area contributed by atoms with Crippen LogP contribution >= 0.6 is 0 Å². The van der Waals surface area contributed by atoms with Crippen molar-refractivity contribution < 1.29 is 24.0 Å². The van der Waals surface area contributed by atoms with Gasteiger partial charge in [-0.2, -0.15) is 0 Å². The highest BCUT2D eigenvalue weighted by molar-refractivity contribution is 5.88. The average Bonchev–Trinajstić information content (AvgIpc) is 2.76. The lowest BCUT2D eigenvalue weighted by atomic mass is 10.1. The quantitative estimate of drug-likeness (QED) is 0.408. The van der Waals surface area contributed by atoms with Crippen LogP contribution in [-0.4, -0.2) is 47.4 Å². The van der Waals surface area contributed by atoms with Gasteiger partial charge >= 0.3 is 5.69 Å². The van der Waals surface area contributed by atoms with E-state index in [0.29, 0.717) is 6.42 Å². The zero-order chi connectivity index (χ0) is 24.5. The van der Waals surface area contributed by atoms with E-state index in [4.69, 9.17) is 9.47 Å². The smallest absolute Gasteiger partial charge is 0.311 e. The molecule has 9 heteroatoms. The molecule has 0 aliphatic heterocycles. The summed E-state index contributed by atoms with van der Waals surface area (Å²) in [7, 11) is 1.32. The van der Waals surface area contributed by atoms with Gasteiger partial charge in [0.25, 0.3) is 5.91 Å². The molecule has 33 heavy (non-hydrogen) atoms. The average molecular weight is 458 g/mol. The summed E-state index contributed by atoms with van der Waals surface area (Å²) in [5, 5.41) is 14.0. The summed E-state index contributed by atoms with van der Waals surface area (Å²) >= 11 is 0. The number of amides is 2. The van der Waals surface area contributed by atoms with Crippen LogP contribution in [0.3, 0.4) is 0 Å². The predicted octanol–water partition coefficient (Wildman–Crippen LogP) is 3.62.